The van der Waals surface area contributed by atoms with Crippen molar-refractivity contribution in [3.63, 3.8) is 0 Å². The molecule has 0 saturated carbocycles. The third kappa shape index (κ3) is 3.69. The van der Waals surface area contributed by atoms with Crippen LogP contribution in [-0.4, -0.2) is 35.2 Å². The molecule has 128 valence electrons. The molecule has 0 aliphatic rings. The highest BCUT2D eigenvalue weighted by Crippen LogP contribution is 2.35. The van der Waals surface area contributed by atoms with Gasteiger partial charge in [-0.05, 0) is 24.3 Å². The van der Waals surface area contributed by atoms with Crippen LogP contribution in [0.15, 0.2) is 42.0 Å². The van der Waals surface area contributed by atoms with E-state index in [1.54, 1.807) is 26.4 Å². The number of hydrogen-bond donors (Lipinski definition) is 2. The van der Waals surface area contributed by atoms with Gasteiger partial charge in [-0.3, -0.25) is 15.1 Å². The minimum atomic E-state index is -0.401. The smallest absolute Gasteiger partial charge is 0.259 e. The largest absolute Gasteiger partial charge is 0.506 e. The van der Waals surface area contributed by atoms with Gasteiger partial charge in [0.05, 0.1) is 31.7 Å². The predicted octanol–water partition coefficient (Wildman–Crippen LogP) is 3.18. The molecule has 0 saturated heterocycles. The summed E-state index contributed by atoms with van der Waals surface area (Å²) in [6, 6.07) is 6.75. The van der Waals surface area contributed by atoms with Crippen molar-refractivity contribution < 1.29 is 19.4 Å². The van der Waals surface area contributed by atoms with Gasteiger partial charge in [-0.25, -0.2) is 4.98 Å². The average Bonchev–Trinajstić information content (AvgIpc) is 3.09. The number of nitrogens with one attached hydrogen (secondary N) is 1. The molecule has 8 heteroatoms. The summed E-state index contributed by atoms with van der Waals surface area (Å²) in [7, 11) is 3.16. The summed E-state index contributed by atoms with van der Waals surface area (Å²) >= 11 is 1.28. The fourth-order valence-corrected chi connectivity index (χ4v) is 2.90. The van der Waals surface area contributed by atoms with Crippen molar-refractivity contribution in [2.75, 3.05) is 19.5 Å². The van der Waals surface area contributed by atoms with Crippen LogP contribution in [0.1, 0.15) is 10.4 Å². The molecule has 7 nitrogen and oxygen atoms in total. The first-order chi connectivity index (χ1) is 12.1. The molecule has 0 radical (unpaired) electrons. The maximum atomic E-state index is 12.2. The fraction of sp³-hybridized carbons (Fsp3) is 0.118. The van der Waals surface area contributed by atoms with Crippen LogP contribution in [0.2, 0.25) is 0 Å². The van der Waals surface area contributed by atoms with Crippen LogP contribution >= 0.6 is 11.3 Å². The number of rotatable bonds is 5. The first-order valence-corrected chi connectivity index (χ1v) is 8.12. The molecule has 25 heavy (non-hydrogen) atoms. The van der Waals surface area contributed by atoms with E-state index in [4.69, 9.17) is 9.47 Å². The lowest BCUT2D eigenvalue weighted by atomic mass is 10.1. The van der Waals surface area contributed by atoms with E-state index >= 15 is 0 Å². The molecule has 3 rings (SSSR count). The third-order valence-corrected chi connectivity index (χ3v) is 4.15. The number of methoxy groups -OCH3 is 2. The number of aromatic nitrogens is 2. The minimum absolute atomic E-state index is 0.0754. The van der Waals surface area contributed by atoms with E-state index < -0.39 is 5.91 Å². The number of anilines is 1. The van der Waals surface area contributed by atoms with Gasteiger partial charge in [0.15, 0.2) is 5.13 Å². The van der Waals surface area contributed by atoms with Crippen LogP contribution in [0, 0.1) is 0 Å². The van der Waals surface area contributed by atoms with Crippen molar-refractivity contribution in [1.29, 1.82) is 0 Å². The zero-order valence-electron chi connectivity index (χ0n) is 13.5. The van der Waals surface area contributed by atoms with Gasteiger partial charge in [0.1, 0.15) is 17.2 Å². The van der Waals surface area contributed by atoms with Gasteiger partial charge >= 0.3 is 0 Å². The number of amides is 1. The highest BCUT2D eigenvalue weighted by atomic mass is 32.1. The zero-order valence-corrected chi connectivity index (χ0v) is 14.3. The number of pyridine rings is 1. The van der Waals surface area contributed by atoms with E-state index in [0.29, 0.717) is 22.3 Å². The summed E-state index contributed by atoms with van der Waals surface area (Å²) in [5.74, 6) is 0.858. The SMILES string of the molecule is COc1ccc(OC)c(-c2csc(NC(=O)c3cncc(O)c3)n2)c1. The second-order valence-electron chi connectivity index (χ2n) is 4.99. The van der Waals surface area contributed by atoms with Crippen LogP contribution < -0.4 is 14.8 Å². The van der Waals surface area contributed by atoms with Crippen molar-refractivity contribution in [1.82, 2.24) is 9.97 Å². The average molecular weight is 357 g/mol. The monoisotopic (exact) mass is 357 g/mol. The summed E-state index contributed by atoms with van der Waals surface area (Å²) < 4.78 is 10.6. The van der Waals surface area contributed by atoms with Crippen molar-refractivity contribution in [3.05, 3.63) is 47.6 Å². The summed E-state index contributed by atoms with van der Waals surface area (Å²) in [5, 5.41) is 14.3. The maximum Gasteiger partial charge on any atom is 0.259 e. The topological polar surface area (TPSA) is 93.6 Å². The lowest BCUT2D eigenvalue weighted by Gasteiger charge is -2.08. The van der Waals surface area contributed by atoms with E-state index in [2.05, 4.69) is 15.3 Å². The number of hydrogen-bond acceptors (Lipinski definition) is 7. The van der Waals surface area contributed by atoms with Crippen molar-refractivity contribution in [2.24, 2.45) is 0 Å². The van der Waals surface area contributed by atoms with Gasteiger partial charge in [-0.15, -0.1) is 11.3 Å². The quantitative estimate of drug-likeness (QED) is 0.728. The second kappa shape index (κ2) is 7.18. The Morgan fingerprint density at radius 3 is 2.76 bits per heavy atom. The molecular weight excluding hydrogens is 342 g/mol. The van der Waals surface area contributed by atoms with E-state index in [9.17, 15) is 9.90 Å². The molecule has 0 bridgehead atoms. The van der Waals surface area contributed by atoms with Gasteiger partial charge in [0.25, 0.3) is 5.91 Å². The van der Waals surface area contributed by atoms with Crippen molar-refractivity contribution >= 4 is 22.4 Å². The number of aromatic hydroxyl groups is 1. The first kappa shape index (κ1) is 16.7. The standard InChI is InChI=1S/C17H15N3O4S/c1-23-12-3-4-15(24-2)13(6-12)14-9-25-17(19-14)20-16(22)10-5-11(21)8-18-7-10/h3-9,21H,1-2H3,(H,19,20,22). The predicted molar refractivity (Wildman–Crippen MR) is 94.5 cm³/mol. The molecule has 1 aromatic carbocycles. The Morgan fingerprint density at radius 1 is 1.20 bits per heavy atom. The molecule has 0 spiro atoms. The van der Waals surface area contributed by atoms with Gasteiger partial charge < -0.3 is 14.6 Å². The zero-order chi connectivity index (χ0) is 17.8. The van der Waals surface area contributed by atoms with E-state index in [0.717, 1.165) is 5.56 Å². The summed E-state index contributed by atoms with van der Waals surface area (Å²) in [4.78, 5) is 20.4. The number of nitrogens with zero attached hydrogens (tertiary/aromatic N) is 2. The molecule has 0 atom stereocenters. The normalized spacial score (nSPS) is 10.3. The molecule has 2 heterocycles. The third-order valence-electron chi connectivity index (χ3n) is 3.39. The highest BCUT2D eigenvalue weighted by Gasteiger charge is 2.14. The van der Waals surface area contributed by atoms with Crippen LogP contribution in [0.25, 0.3) is 11.3 Å². The number of carbonyl (C=O) groups excluding carboxylic acids is 1. The summed E-state index contributed by atoms with van der Waals surface area (Å²) in [5.41, 5.74) is 1.67. The Labute approximate surface area is 147 Å². The molecule has 0 aliphatic heterocycles. The second-order valence-corrected chi connectivity index (χ2v) is 5.85. The van der Waals surface area contributed by atoms with Gasteiger partial charge in [0, 0.05) is 17.1 Å². The Balaban J connectivity index is 1.84. The van der Waals surface area contributed by atoms with E-state index in [1.165, 1.54) is 29.8 Å². The maximum absolute atomic E-state index is 12.2. The molecule has 0 aliphatic carbocycles. The van der Waals surface area contributed by atoms with Crippen LogP contribution in [0.3, 0.4) is 0 Å². The number of benzene rings is 1. The molecule has 0 fully saturated rings. The highest BCUT2D eigenvalue weighted by molar-refractivity contribution is 7.14. The van der Waals surface area contributed by atoms with E-state index in [1.807, 2.05) is 11.4 Å². The minimum Gasteiger partial charge on any atom is -0.506 e. The molecule has 2 N–H and O–H groups in total. The van der Waals surface area contributed by atoms with Crippen LogP contribution in [0.5, 0.6) is 17.2 Å². The first-order valence-electron chi connectivity index (χ1n) is 7.24. The summed E-state index contributed by atoms with van der Waals surface area (Å²) in [6.07, 6.45) is 2.63. The Morgan fingerprint density at radius 2 is 2.04 bits per heavy atom. The lowest BCUT2D eigenvalue weighted by Crippen LogP contribution is -2.11. The number of ether oxygens (including phenoxy) is 2. The van der Waals surface area contributed by atoms with E-state index in [-0.39, 0.29) is 11.3 Å². The fourth-order valence-electron chi connectivity index (χ4n) is 2.19. The molecule has 2 aromatic heterocycles. The van der Waals surface area contributed by atoms with Crippen LogP contribution in [0.4, 0.5) is 5.13 Å². The van der Waals surface area contributed by atoms with Crippen LogP contribution in [-0.2, 0) is 0 Å². The lowest BCUT2D eigenvalue weighted by molar-refractivity contribution is 0.102. The Kier molecular flexibility index (Phi) is 4.80. The van der Waals surface area contributed by atoms with Gasteiger partial charge in [-0.1, -0.05) is 0 Å². The Bertz CT molecular complexity index is 910. The molecular formula is C17H15N3O4S. The number of carbonyl (C=O) groups is 1. The molecule has 1 amide bonds. The molecule has 3 aromatic rings. The number of thiazole rings is 1. The molecule has 0 unspecified atom stereocenters. The Hall–Kier alpha value is -3.13. The van der Waals surface area contributed by atoms with Gasteiger partial charge in [0.2, 0.25) is 0 Å². The van der Waals surface area contributed by atoms with Crippen molar-refractivity contribution in [3.8, 4) is 28.5 Å². The van der Waals surface area contributed by atoms with Crippen molar-refractivity contribution in [2.45, 2.75) is 0 Å². The van der Waals surface area contributed by atoms with Gasteiger partial charge in [-0.2, -0.15) is 0 Å². The summed E-state index contributed by atoms with van der Waals surface area (Å²) in [6.45, 7) is 0.